The van der Waals surface area contributed by atoms with Crippen molar-refractivity contribution in [2.75, 3.05) is 45.3 Å². The standard InChI is InChI=1S/C26H35N3O4S/c1-27(20-22-8-6-7-11-25(22)29-16-18-33-19-17-29)26(30)21-12-14-24(15-13-21)34(31,32)28(2)23-9-4-3-5-10-23/h6-8,11-15,23H,3-5,9-10,16-20H2,1-2H3. The monoisotopic (exact) mass is 485 g/mol. The van der Waals surface area contributed by atoms with E-state index in [1.165, 1.54) is 10.7 Å². The van der Waals surface area contributed by atoms with Crippen LogP contribution in [-0.2, 0) is 21.3 Å². The molecular weight excluding hydrogens is 450 g/mol. The predicted molar refractivity (Wildman–Crippen MR) is 134 cm³/mol. The van der Waals surface area contributed by atoms with Gasteiger partial charge in [-0.1, -0.05) is 37.5 Å². The normalized spacial score (nSPS) is 17.7. The first-order chi connectivity index (χ1) is 16.4. The molecule has 2 aromatic rings. The van der Waals surface area contributed by atoms with Gasteiger partial charge in [-0.2, -0.15) is 4.31 Å². The summed E-state index contributed by atoms with van der Waals surface area (Å²) < 4.78 is 33.2. The molecule has 1 aliphatic carbocycles. The minimum Gasteiger partial charge on any atom is -0.378 e. The lowest BCUT2D eigenvalue weighted by Crippen LogP contribution is -2.38. The summed E-state index contributed by atoms with van der Waals surface area (Å²) in [4.78, 5) is 17.3. The van der Waals surface area contributed by atoms with Crippen molar-refractivity contribution >= 4 is 21.6 Å². The highest BCUT2D eigenvalue weighted by atomic mass is 32.2. The summed E-state index contributed by atoms with van der Waals surface area (Å²) in [5.41, 5.74) is 2.68. The van der Waals surface area contributed by atoms with Gasteiger partial charge < -0.3 is 14.5 Å². The van der Waals surface area contributed by atoms with Crippen LogP contribution in [0.4, 0.5) is 5.69 Å². The molecule has 1 heterocycles. The lowest BCUT2D eigenvalue weighted by atomic mass is 9.96. The van der Waals surface area contributed by atoms with Gasteiger partial charge in [0, 0.05) is 51.0 Å². The zero-order valence-electron chi connectivity index (χ0n) is 20.2. The Balaban J connectivity index is 1.45. The molecule has 2 aromatic carbocycles. The van der Waals surface area contributed by atoms with Gasteiger partial charge in [0.25, 0.3) is 5.91 Å². The van der Waals surface area contributed by atoms with Gasteiger partial charge in [0.2, 0.25) is 10.0 Å². The molecule has 0 bridgehead atoms. The van der Waals surface area contributed by atoms with Crippen LogP contribution in [0.5, 0.6) is 0 Å². The zero-order chi connectivity index (χ0) is 24.1. The van der Waals surface area contributed by atoms with Crippen molar-refractivity contribution in [2.45, 2.75) is 49.6 Å². The van der Waals surface area contributed by atoms with E-state index in [0.717, 1.165) is 50.0 Å². The molecule has 0 radical (unpaired) electrons. The molecule has 7 nitrogen and oxygen atoms in total. The number of hydrogen-bond acceptors (Lipinski definition) is 5. The van der Waals surface area contributed by atoms with Gasteiger partial charge in [-0.3, -0.25) is 4.79 Å². The first-order valence-electron chi connectivity index (χ1n) is 12.1. The van der Waals surface area contributed by atoms with Gasteiger partial charge in [-0.15, -0.1) is 0 Å². The number of benzene rings is 2. The Labute approximate surface area is 203 Å². The summed E-state index contributed by atoms with van der Waals surface area (Å²) in [6.07, 6.45) is 5.12. The molecule has 0 unspecified atom stereocenters. The maximum Gasteiger partial charge on any atom is 0.253 e. The van der Waals surface area contributed by atoms with Crippen LogP contribution >= 0.6 is 0 Å². The molecule has 1 aliphatic heterocycles. The van der Waals surface area contributed by atoms with Gasteiger partial charge >= 0.3 is 0 Å². The molecule has 2 aliphatic rings. The third kappa shape index (κ3) is 5.45. The lowest BCUT2D eigenvalue weighted by molar-refractivity contribution is 0.0784. The van der Waals surface area contributed by atoms with Gasteiger partial charge in [-0.05, 0) is 48.7 Å². The van der Waals surface area contributed by atoms with Crippen molar-refractivity contribution < 1.29 is 17.9 Å². The molecule has 0 N–H and O–H groups in total. The molecule has 4 rings (SSSR count). The summed E-state index contributed by atoms with van der Waals surface area (Å²) in [7, 11) is -0.127. The quantitative estimate of drug-likeness (QED) is 0.597. The second-order valence-electron chi connectivity index (χ2n) is 9.23. The fraction of sp³-hybridized carbons (Fsp3) is 0.500. The molecule has 2 fully saturated rings. The number of carbonyl (C=O) groups is 1. The lowest BCUT2D eigenvalue weighted by Gasteiger charge is -2.31. The van der Waals surface area contributed by atoms with E-state index in [0.29, 0.717) is 25.3 Å². The third-order valence-electron chi connectivity index (χ3n) is 6.96. The Morgan fingerprint density at radius 2 is 1.62 bits per heavy atom. The molecule has 0 aromatic heterocycles. The van der Waals surface area contributed by atoms with Crippen molar-refractivity contribution in [3.63, 3.8) is 0 Å². The summed E-state index contributed by atoms with van der Waals surface area (Å²) in [5.74, 6) is -0.138. The number of rotatable bonds is 7. The molecule has 0 atom stereocenters. The average molecular weight is 486 g/mol. The van der Waals surface area contributed by atoms with Crippen LogP contribution in [0.25, 0.3) is 0 Å². The fourth-order valence-electron chi connectivity index (χ4n) is 4.88. The Morgan fingerprint density at radius 3 is 2.29 bits per heavy atom. The van der Waals surface area contributed by atoms with Crippen LogP contribution < -0.4 is 4.90 Å². The van der Waals surface area contributed by atoms with E-state index in [4.69, 9.17) is 4.74 Å². The van der Waals surface area contributed by atoms with Gasteiger partial charge in [0.15, 0.2) is 0 Å². The maximum absolute atomic E-state index is 13.1. The predicted octanol–water partition coefficient (Wildman–Crippen LogP) is 3.75. The van der Waals surface area contributed by atoms with E-state index in [2.05, 4.69) is 11.0 Å². The van der Waals surface area contributed by atoms with E-state index >= 15 is 0 Å². The van der Waals surface area contributed by atoms with Gasteiger partial charge in [0.05, 0.1) is 18.1 Å². The number of ether oxygens (including phenoxy) is 1. The minimum absolute atomic E-state index is 0.0535. The van der Waals surface area contributed by atoms with Crippen molar-refractivity contribution in [2.24, 2.45) is 0 Å². The molecular formula is C26H35N3O4S. The van der Waals surface area contributed by atoms with Crippen LogP contribution in [0.3, 0.4) is 0 Å². The summed E-state index contributed by atoms with van der Waals surface area (Å²) >= 11 is 0. The summed E-state index contributed by atoms with van der Waals surface area (Å²) in [5, 5.41) is 0. The highest BCUT2D eigenvalue weighted by Crippen LogP contribution is 2.27. The Hall–Kier alpha value is -2.42. The number of sulfonamides is 1. The number of para-hydroxylation sites is 1. The van der Waals surface area contributed by atoms with Crippen molar-refractivity contribution in [1.82, 2.24) is 9.21 Å². The molecule has 34 heavy (non-hydrogen) atoms. The van der Waals surface area contributed by atoms with Crippen molar-refractivity contribution in [3.8, 4) is 0 Å². The Morgan fingerprint density at radius 1 is 0.971 bits per heavy atom. The van der Waals surface area contributed by atoms with Crippen LogP contribution in [0.15, 0.2) is 53.4 Å². The number of amides is 1. The second-order valence-corrected chi connectivity index (χ2v) is 11.2. The first kappa shape index (κ1) is 24.7. The summed E-state index contributed by atoms with van der Waals surface area (Å²) in [6, 6.07) is 14.5. The fourth-order valence-corrected chi connectivity index (χ4v) is 6.30. The number of carbonyl (C=O) groups excluding carboxylic acids is 1. The highest BCUT2D eigenvalue weighted by Gasteiger charge is 2.29. The van der Waals surface area contributed by atoms with Gasteiger partial charge in [-0.25, -0.2) is 8.42 Å². The Bertz CT molecular complexity index is 1080. The van der Waals surface area contributed by atoms with E-state index in [1.807, 2.05) is 18.2 Å². The van der Waals surface area contributed by atoms with Crippen LogP contribution in [-0.4, -0.2) is 70.0 Å². The van der Waals surface area contributed by atoms with E-state index in [9.17, 15) is 13.2 Å². The summed E-state index contributed by atoms with van der Waals surface area (Å²) in [6.45, 7) is 3.54. The SMILES string of the molecule is CN(Cc1ccccc1N1CCOCC1)C(=O)c1ccc(S(=O)(=O)N(C)C2CCCCC2)cc1. The number of nitrogens with zero attached hydrogens (tertiary/aromatic N) is 3. The highest BCUT2D eigenvalue weighted by molar-refractivity contribution is 7.89. The van der Waals surface area contributed by atoms with Crippen molar-refractivity contribution in [3.05, 3.63) is 59.7 Å². The van der Waals surface area contributed by atoms with Crippen molar-refractivity contribution in [1.29, 1.82) is 0 Å². The molecule has 1 saturated carbocycles. The van der Waals surface area contributed by atoms with Gasteiger partial charge in [0.1, 0.15) is 0 Å². The van der Waals surface area contributed by atoms with Crippen LogP contribution in [0.1, 0.15) is 48.0 Å². The average Bonchev–Trinajstić information content (AvgIpc) is 2.89. The number of morpholine rings is 1. The molecule has 8 heteroatoms. The maximum atomic E-state index is 13.1. The number of hydrogen-bond donors (Lipinski definition) is 0. The molecule has 1 saturated heterocycles. The number of anilines is 1. The van der Waals surface area contributed by atoms with E-state index in [1.54, 1.807) is 43.3 Å². The molecule has 0 spiro atoms. The topological polar surface area (TPSA) is 70.2 Å². The van der Waals surface area contributed by atoms with Crippen LogP contribution in [0.2, 0.25) is 0 Å². The van der Waals surface area contributed by atoms with E-state index < -0.39 is 10.0 Å². The zero-order valence-corrected chi connectivity index (χ0v) is 21.0. The Kier molecular flexibility index (Phi) is 7.91. The third-order valence-corrected chi connectivity index (χ3v) is 8.89. The van der Waals surface area contributed by atoms with Crippen LogP contribution in [0, 0.1) is 0 Å². The minimum atomic E-state index is -3.58. The smallest absolute Gasteiger partial charge is 0.253 e. The largest absolute Gasteiger partial charge is 0.378 e. The molecule has 184 valence electrons. The first-order valence-corrected chi connectivity index (χ1v) is 13.6. The second kappa shape index (κ2) is 10.9. The van der Waals surface area contributed by atoms with E-state index in [-0.39, 0.29) is 16.8 Å². The molecule has 1 amide bonds.